The monoisotopic (exact) mass is 512 g/mol. The zero-order valence-corrected chi connectivity index (χ0v) is 20.1. The molecule has 3 heterocycles. The Kier molecular flexibility index (Phi) is 5.74. The Morgan fingerprint density at radius 1 is 1.08 bits per heavy atom. The summed E-state index contributed by atoms with van der Waals surface area (Å²) in [4.78, 5) is 33.0. The second kappa shape index (κ2) is 8.86. The van der Waals surface area contributed by atoms with Gasteiger partial charge in [0.15, 0.2) is 17.3 Å². The van der Waals surface area contributed by atoms with Crippen molar-refractivity contribution in [1.29, 1.82) is 0 Å². The number of fused-ring (bicyclic) bond motifs is 1. The van der Waals surface area contributed by atoms with E-state index in [0.29, 0.717) is 43.4 Å². The summed E-state index contributed by atoms with van der Waals surface area (Å²) < 4.78 is 44.6. The highest BCUT2D eigenvalue weighted by Gasteiger charge is 2.57. The Bertz CT molecular complexity index is 1430. The number of aromatic nitrogens is 2. The number of aliphatic hydroxyl groups excluding tert-OH is 1. The number of carbonyl (C=O) groups excluding carboxylic acids is 1. The van der Waals surface area contributed by atoms with E-state index >= 15 is 0 Å². The lowest BCUT2D eigenvalue weighted by Crippen LogP contribution is -2.68. The minimum atomic E-state index is -1.19. The molecular weight excluding hydrogens is 485 g/mol. The van der Waals surface area contributed by atoms with E-state index in [4.69, 9.17) is 0 Å². The van der Waals surface area contributed by atoms with Crippen LogP contribution < -0.4 is 15.6 Å². The molecule has 4 fully saturated rings. The molecule has 1 aliphatic heterocycles. The predicted molar refractivity (Wildman–Crippen MR) is 131 cm³/mol. The highest BCUT2D eigenvalue weighted by atomic mass is 19.1. The lowest BCUT2D eigenvalue weighted by molar-refractivity contribution is -0.0438. The van der Waals surface area contributed by atoms with Gasteiger partial charge in [-0.25, -0.2) is 18.2 Å². The van der Waals surface area contributed by atoms with Crippen molar-refractivity contribution in [1.82, 2.24) is 14.9 Å². The highest BCUT2D eigenvalue weighted by Crippen LogP contribution is 2.57. The third-order valence-electron chi connectivity index (χ3n) is 7.94. The first-order valence-corrected chi connectivity index (χ1v) is 12.7. The number of β-amino-alcohol motifs (C(OH)–C–C–N with tert-alkyl or cyclic N) is 1. The van der Waals surface area contributed by atoms with Gasteiger partial charge in [0.2, 0.25) is 5.43 Å². The number of carbonyl (C=O) groups is 1. The van der Waals surface area contributed by atoms with E-state index in [1.165, 1.54) is 6.07 Å². The molecular formula is C27H27F3N4O3. The molecule has 3 aliphatic carbocycles. The summed E-state index contributed by atoms with van der Waals surface area (Å²) in [6, 6.07) is 4.19. The van der Waals surface area contributed by atoms with Crippen molar-refractivity contribution in [2.45, 2.75) is 56.6 Å². The maximum atomic E-state index is 15.0. The number of rotatable bonds is 4. The van der Waals surface area contributed by atoms with Crippen LogP contribution in [0.5, 0.6) is 0 Å². The van der Waals surface area contributed by atoms with Crippen molar-refractivity contribution in [3.8, 4) is 5.69 Å². The van der Waals surface area contributed by atoms with Gasteiger partial charge in [-0.1, -0.05) is 12.8 Å². The molecule has 7 rings (SSSR count). The Morgan fingerprint density at radius 2 is 1.81 bits per heavy atom. The third-order valence-corrected chi connectivity index (χ3v) is 7.94. The fourth-order valence-electron chi connectivity index (χ4n) is 5.91. The number of pyridine rings is 2. The molecule has 2 N–H and O–H groups in total. The minimum Gasteiger partial charge on any atom is -0.391 e. The van der Waals surface area contributed by atoms with E-state index in [0.717, 1.165) is 49.3 Å². The molecule has 10 heteroatoms. The normalized spacial score (nSPS) is 25.1. The molecule has 4 aliphatic rings. The lowest BCUT2D eigenvalue weighted by Gasteiger charge is -2.61. The van der Waals surface area contributed by atoms with Gasteiger partial charge >= 0.3 is 0 Å². The first-order valence-electron chi connectivity index (χ1n) is 12.7. The summed E-state index contributed by atoms with van der Waals surface area (Å²) in [6.45, 7) is 0.939. The van der Waals surface area contributed by atoms with Crippen LogP contribution in [0.1, 0.15) is 55.3 Å². The van der Waals surface area contributed by atoms with Gasteiger partial charge in [0.25, 0.3) is 5.91 Å². The van der Waals surface area contributed by atoms with E-state index in [1.807, 2.05) is 4.90 Å². The number of benzene rings is 1. The van der Waals surface area contributed by atoms with E-state index in [-0.39, 0.29) is 22.1 Å². The number of hydrogen-bond donors (Lipinski definition) is 2. The average molecular weight is 513 g/mol. The van der Waals surface area contributed by atoms with Crippen LogP contribution in [0.15, 0.2) is 35.3 Å². The van der Waals surface area contributed by atoms with Crippen molar-refractivity contribution >= 4 is 22.8 Å². The number of nitrogens with zero attached hydrogens (tertiary/aromatic N) is 3. The SMILES string of the molecule is O=C(NC12CC(C1)C2)c1cn(-c2c(F)cc(F)cc2F)c2nc(N3CCCCCC(O)C3)ccc2c1=O. The van der Waals surface area contributed by atoms with Crippen LogP contribution in [0.25, 0.3) is 16.7 Å². The number of nitrogens with one attached hydrogen (secondary N) is 1. The van der Waals surface area contributed by atoms with Crippen LogP contribution in [0.3, 0.4) is 0 Å². The fourth-order valence-corrected chi connectivity index (χ4v) is 5.91. The molecule has 0 radical (unpaired) electrons. The summed E-state index contributed by atoms with van der Waals surface area (Å²) >= 11 is 0. The maximum absolute atomic E-state index is 15.0. The van der Waals surface area contributed by atoms with Gasteiger partial charge in [-0.05, 0) is 50.2 Å². The molecule has 37 heavy (non-hydrogen) atoms. The van der Waals surface area contributed by atoms with Gasteiger partial charge in [0.05, 0.1) is 11.5 Å². The summed E-state index contributed by atoms with van der Waals surface area (Å²) in [5.74, 6) is -3.06. The van der Waals surface area contributed by atoms with Gasteiger partial charge in [0.1, 0.15) is 22.9 Å². The van der Waals surface area contributed by atoms with E-state index < -0.39 is 40.6 Å². The van der Waals surface area contributed by atoms with Crippen molar-refractivity contribution in [3.63, 3.8) is 0 Å². The van der Waals surface area contributed by atoms with Gasteiger partial charge < -0.3 is 15.3 Å². The molecule has 2 aromatic heterocycles. The molecule has 1 amide bonds. The van der Waals surface area contributed by atoms with E-state index in [9.17, 15) is 27.9 Å². The average Bonchev–Trinajstić information content (AvgIpc) is 2.78. The van der Waals surface area contributed by atoms with Crippen molar-refractivity contribution in [3.05, 3.63) is 63.7 Å². The van der Waals surface area contributed by atoms with Crippen LogP contribution in [0.2, 0.25) is 0 Å². The second-order valence-electron chi connectivity index (χ2n) is 10.7. The molecule has 1 saturated heterocycles. The van der Waals surface area contributed by atoms with Crippen LogP contribution >= 0.6 is 0 Å². The standard InChI is InChI=1S/C27H27F3N4O3/c28-16-8-20(29)23(21(30)9-16)34-14-19(26(37)32-27-10-15(11-27)12-27)24(36)18-5-6-22(31-25(18)34)33-7-3-1-2-4-17(35)13-33/h5-6,8-9,14-15,17,35H,1-4,7,10-13H2,(H,32,37). The third kappa shape index (κ3) is 4.17. The smallest absolute Gasteiger partial charge is 0.257 e. The number of hydrogen-bond acceptors (Lipinski definition) is 5. The Balaban J connectivity index is 1.51. The quantitative estimate of drug-likeness (QED) is 0.555. The van der Waals surface area contributed by atoms with Gasteiger partial charge in [-0.2, -0.15) is 0 Å². The first kappa shape index (κ1) is 24.0. The van der Waals surface area contributed by atoms with Crippen LogP contribution in [-0.4, -0.2) is 45.3 Å². The van der Waals surface area contributed by atoms with Crippen molar-refractivity contribution in [2.75, 3.05) is 18.0 Å². The molecule has 1 atom stereocenters. The van der Waals surface area contributed by atoms with Crippen LogP contribution in [0, 0.1) is 23.4 Å². The fraction of sp³-hybridized carbons (Fsp3) is 0.444. The number of anilines is 1. The predicted octanol–water partition coefficient (Wildman–Crippen LogP) is 3.83. The highest BCUT2D eigenvalue weighted by molar-refractivity contribution is 5.98. The summed E-state index contributed by atoms with van der Waals surface area (Å²) in [5.41, 5.74) is -1.88. The summed E-state index contributed by atoms with van der Waals surface area (Å²) in [6.07, 6.45) is 6.49. The van der Waals surface area contributed by atoms with Gasteiger partial charge in [-0.3, -0.25) is 14.2 Å². The molecule has 3 saturated carbocycles. The van der Waals surface area contributed by atoms with E-state index in [2.05, 4.69) is 10.3 Å². The zero-order chi connectivity index (χ0) is 25.9. The van der Waals surface area contributed by atoms with Crippen LogP contribution in [-0.2, 0) is 0 Å². The molecule has 2 bridgehead atoms. The molecule has 3 aromatic rings. The topological polar surface area (TPSA) is 87.5 Å². The Labute approximate surface area is 210 Å². The van der Waals surface area contributed by atoms with E-state index in [1.54, 1.807) is 6.07 Å². The molecule has 1 aromatic carbocycles. The Hall–Kier alpha value is -3.40. The molecule has 0 spiro atoms. The molecule has 1 unspecified atom stereocenters. The molecule has 7 nitrogen and oxygen atoms in total. The van der Waals surface area contributed by atoms with Crippen molar-refractivity contribution in [2.24, 2.45) is 5.92 Å². The lowest BCUT2D eigenvalue weighted by atomic mass is 9.50. The Morgan fingerprint density at radius 3 is 2.49 bits per heavy atom. The number of aliphatic hydroxyl groups is 1. The first-order chi connectivity index (χ1) is 17.7. The molecule has 194 valence electrons. The second-order valence-corrected chi connectivity index (χ2v) is 10.7. The zero-order valence-electron chi connectivity index (χ0n) is 20.1. The van der Waals surface area contributed by atoms with Gasteiger partial charge in [0, 0.05) is 37.0 Å². The largest absolute Gasteiger partial charge is 0.391 e. The number of amides is 1. The number of halogens is 3. The maximum Gasteiger partial charge on any atom is 0.257 e. The summed E-state index contributed by atoms with van der Waals surface area (Å²) in [7, 11) is 0. The minimum absolute atomic E-state index is 0.00436. The van der Waals surface area contributed by atoms with Crippen molar-refractivity contribution < 1.29 is 23.1 Å². The van der Waals surface area contributed by atoms with Crippen LogP contribution in [0.4, 0.5) is 19.0 Å². The summed E-state index contributed by atoms with van der Waals surface area (Å²) in [5, 5.41) is 13.3. The van der Waals surface area contributed by atoms with Gasteiger partial charge in [-0.15, -0.1) is 0 Å².